The number of carbonyl (C=O) groups excluding carboxylic acids is 1. The van der Waals surface area contributed by atoms with Crippen LogP contribution in [0.1, 0.15) is 19.8 Å². The molecule has 1 aliphatic heterocycles. The van der Waals surface area contributed by atoms with Gasteiger partial charge < -0.3 is 20.5 Å². The van der Waals surface area contributed by atoms with E-state index < -0.39 is 11.6 Å². The van der Waals surface area contributed by atoms with Gasteiger partial charge in [0, 0.05) is 6.54 Å². The first kappa shape index (κ1) is 17.3. The lowest BCUT2D eigenvalue weighted by Crippen LogP contribution is -2.52. The normalized spacial score (nSPS) is 22.4. The minimum atomic E-state index is -0.830. The Morgan fingerprint density at radius 3 is 3.00 bits per heavy atom. The topological polar surface area (TPSA) is 70.6 Å². The zero-order chi connectivity index (χ0) is 16.2. The molecule has 1 saturated heterocycles. The van der Waals surface area contributed by atoms with Crippen LogP contribution in [0.25, 0.3) is 0 Å². The summed E-state index contributed by atoms with van der Waals surface area (Å²) in [5.41, 5.74) is -0.545. The van der Waals surface area contributed by atoms with E-state index in [-0.39, 0.29) is 19.1 Å². The standard InChI is InChI=1S/C15H20Cl2N2O3/c1-15(6-3-7-19-15)14(21)18-8-10(20)9-22-12-5-2-4-11(16)13(12)17/h2,4-5,10,19-20H,3,6-9H2,1H3,(H,18,21). The summed E-state index contributed by atoms with van der Waals surface area (Å²) in [6.45, 7) is 2.84. The summed E-state index contributed by atoms with van der Waals surface area (Å²) in [6, 6.07) is 5.04. The quantitative estimate of drug-likeness (QED) is 0.736. The molecule has 2 atom stereocenters. The van der Waals surface area contributed by atoms with E-state index in [1.807, 2.05) is 6.92 Å². The van der Waals surface area contributed by atoms with Crippen molar-refractivity contribution >= 4 is 29.1 Å². The van der Waals surface area contributed by atoms with Gasteiger partial charge in [-0.05, 0) is 38.4 Å². The van der Waals surface area contributed by atoms with E-state index >= 15 is 0 Å². The van der Waals surface area contributed by atoms with E-state index in [2.05, 4.69) is 10.6 Å². The van der Waals surface area contributed by atoms with Gasteiger partial charge in [0.1, 0.15) is 23.5 Å². The minimum absolute atomic E-state index is 0.0183. The average molecular weight is 347 g/mol. The van der Waals surface area contributed by atoms with E-state index in [0.717, 1.165) is 19.4 Å². The lowest BCUT2D eigenvalue weighted by atomic mass is 9.99. The summed E-state index contributed by atoms with van der Waals surface area (Å²) < 4.78 is 5.43. The van der Waals surface area contributed by atoms with Crippen LogP contribution >= 0.6 is 23.2 Å². The molecule has 1 aromatic carbocycles. The lowest BCUT2D eigenvalue weighted by Gasteiger charge is -2.24. The molecule has 3 N–H and O–H groups in total. The predicted molar refractivity (Wildman–Crippen MR) is 86.6 cm³/mol. The fourth-order valence-electron chi connectivity index (χ4n) is 2.33. The number of nitrogens with one attached hydrogen (secondary N) is 2. The third-order valence-electron chi connectivity index (χ3n) is 3.72. The van der Waals surface area contributed by atoms with Gasteiger partial charge in [-0.1, -0.05) is 29.3 Å². The highest BCUT2D eigenvalue weighted by Gasteiger charge is 2.35. The Bertz CT molecular complexity index is 534. The van der Waals surface area contributed by atoms with Crippen molar-refractivity contribution in [2.45, 2.75) is 31.4 Å². The number of carbonyl (C=O) groups is 1. The molecule has 1 fully saturated rings. The lowest BCUT2D eigenvalue weighted by molar-refractivity contribution is -0.127. The molecule has 1 heterocycles. The van der Waals surface area contributed by atoms with Crippen LogP contribution in [0.4, 0.5) is 0 Å². The van der Waals surface area contributed by atoms with Crippen molar-refractivity contribution in [1.29, 1.82) is 0 Å². The van der Waals surface area contributed by atoms with Crippen molar-refractivity contribution in [1.82, 2.24) is 10.6 Å². The van der Waals surface area contributed by atoms with Gasteiger partial charge in [-0.2, -0.15) is 0 Å². The zero-order valence-electron chi connectivity index (χ0n) is 12.4. The van der Waals surface area contributed by atoms with Gasteiger partial charge in [0.2, 0.25) is 5.91 Å². The van der Waals surface area contributed by atoms with Crippen LogP contribution in [0.2, 0.25) is 10.0 Å². The Kier molecular flexibility index (Phi) is 5.92. The van der Waals surface area contributed by atoms with E-state index in [1.165, 1.54) is 0 Å². The Morgan fingerprint density at radius 1 is 1.55 bits per heavy atom. The molecule has 7 heteroatoms. The SMILES string of the molecule is CC1(C(=O)NCC(O)COc2cccc(Cl)c2Cl)CCCN1. The molecular weight excluding hydrogens is 327 g/mol. The molecule has 0 aromatic heterocycles. The van der Waals surface area contributed by atoms with Crippen LogP contribution in [0.5, 0.6) is 5.75 Å². The number of amides is 1. The third kappa shape index (κ3) is 4.26. The summed E-state index contributed by atoms with van der Waals surface area (Å²) in [6.07, 6.45) is 0.941. The van der Waals surface area contributed by atoms with Crippen LogP contribution in [-0.4, -0.2) is 42.4 Å². The van der Waals surface area contributed by atoms with E-state index in [0.29, 0.717) is 15.8 Å². The number of ether oxygens (including phenoxy) is 1. The van der Waals surface area contributed by atoms with E-state index in [9.17, 15) is 9.90 Å². The first-order valence-corrected chi connectivity index (χ1v) is 7.96. The summed E-state index contributed by atoms with van der Waals surface area (Å²) in [5, 5.41) is 16.5. The molecule has 0 spiro atoms. The number of aliphatic hydroxyl groups is 1. The molecule has 2 rings (SSSR count). The van der Waals surface area contributed by atoms with E-state index in [4.69, 9.17) is 27.9 Å². The Balaban J connectivity index is 1.77. The highest BCUT2D eigenvalue weighted by molar-refractivity contribution is 6.42. The van der Waals surface area contributed by atoms with Crippen molar-refractivity contribution in [2.75, 3.05) is 19.7 Å². The van der Waals surface area contributed by atoms with Crippen LogP contribution in [0.3, 0.4) is 0 Å². The van der Waals surface area contributed by atoms with Gasteiger partial charge in [0.25, 0.3) is 0 Å². The van der Waals surface area contributed by atoms with E-state index in [1.54, 1.807) is 18.2 Å². The molecule has 122 valence electrons. The molecule has 0 saturated carbocycles. The molecule has 2 unspecified atom stereocenters. The maximum Gasteiger partial charge on any atom is 0.240 e. The summed E-state index contributed by atoms with van der Waals surface area (Å²) >= 11 is 11.9. The van der Waals surface area contributed by atoms with Crippen molar-refractivity contribution < 1.29 is 14.6 Å². The van der Waals surface area contributed by atoms with Gasteiger partial charge in [-0.15, -0.1) is 0 Å². The fraction of sp³-hybridized carbons (Fsp3) is 0.533. The maximum absolute atomic E-state index is 12.1. The van der Waals surface area contributed by atoms with Gasteiger partial charge in [0.15, 0.2) is 0 Å². The Hall–Kier alpha value is -1.01. The second kappa shape index (κ2) is 7.51. The zero-order valence-corrected chi connectivity index (χ0v) is 13.9. The fourth-order valence-corrected chi connectivity index (χ4v) is 2.68. The first-order chi connectivity index (χ1) is 10.4. The van der Waals surface area contributed by atoms with Gasteiger partial charge >= 0.3 is 0 Å². The summed E-state index contributed by atoms with van der Waals surface area (Å²) in [4.78, 5) is 12.1. The summed E-state index contributed by atoms with van der Waals surface area (Å²) in [7, 11) is 0. The molecule has 0 radical (unpaired) electrons. The molecule has 0 bridgehead atoms. The minimum Gasteiger partial charge on any atom is -0.489 e. The number of benzene rings is 1. The Labute approximate surface area is 139 Å². The first-order valence-electron chi connectivity index (χ1n) is 7.20. The van der Waals surface area contributed by atoms with Crippen molar-refractivity contribution in [2.24, 2.45) is 0 Å². The van der Waals surface area contributed by atoms with Crippen molar-refractivity contribution in [3.05, 3.63) is 28.2 Å². The molecule has 1 amide bonds. The van der Waals surface area contributed by atoms with Gasteiger partial charge in [-0.25, -0.2) is 0 Å². The predicted octanol–water partition coefficient (Wildman–Crippen LogP) is 1.99. The number of hydrogen-bond acceptors (Lipinski definition) is 4. The largest absolute Gasteiger partial charge is 0.489 e. The van der Waals surface area contributed by atoms with Crippen LogP contribution < -0.4 is 15.4 Å². The van der Waals surface area contributed by atoms with Crippen LogP contribution in [0, 0.1) is 0 Å². The molecule has 5 nitrogen and oxygen atoms in total. The highest BCUT2D eigenvalue weighted by Crippen LogP contribution is 2.31. The number of halogens is 2. The second-order valence-corrected chi connectivity index (χ2v) is 6.37. The number of aliphatic hydroxyl groups excluding tert-OH is 1. The monoisotopic (exact) mass is 346 g/mol. The molecule has 22 heavy (non-hydrogen) atoms. The second-order valence-electron chi connectivity index (χ2n) is 5.59. The van der Waals surface area contributed by atoms with Crippen LogP contribution in [-0.2, 0) is 4.79 Å². The number of rotatable bonds is 6. The van der Waals surface area contributed by atoms with Gasteiger partial charge in [0.05, 0.1) is 10.6 Å². The van der Waals surface area contributed by atoms with Crippen molar-refractivity contribution in [3.63, 3.8) is 0 Å². The molecule has 1 aliphatic rings. The molecule has 0 aliphatic carbocycles. The van der Waals surface area contributed by atoms with Crippen LogP contribution in [0.15, 0.2) is 18.2 Å². The van der Waals surface area contributed by atoms with Crippen molar-refractivity contribution in [3.8, 4) is 5.75 Å². The molecular formula is C15H20Cl2N2O3. The highest BCUT2D eigenvalue weighted by atomic mass is 35.5. The Morgan fingerprint density at radius 2 is 2.32 bits per heavy atom. The molecule has 1 aromatic rings. The third-order valence-corrected chi connectivity index (χ3v) is 4.52. The number of hydrogen-bond donors (Lipinski definition) is 3. The van der Waals surface area contributed by atoms with Gasteiger partial charge in [-0.3, -0.25) is 4.79 Å². The smallest absolute Gasteiger partial charge is 0.240 e. The summed E-state index contributed by atoms with van der Waals surface area (Å²) in [5.74, 6) is 0.300. The maximum atomic E-state index is 12.1. The average Bonchev–Trinajstić information content (AvgIpc) is 2.94.